The molecule has 0 atom stereocenters. The van der Waals surface area contributed by atoms with Crippen molar-refractivity contribution < 1.29 is 9.53 Å². The lowest BCUT2D eigenvalue weighted by Crippen LogP contribution is -2.13. The number of halogens is 1. The first-order valence-corrected chi connectivity index (χ1v) is 7.23. The molecule has 0 saturated carbocycles. The molecule has 2 heterocycles. The first-order chi connectivity index (χ1) is 10.2. The molecule has 1 amide bonds. The van der Waals surface area contributed by atoms with Gasteiger partial charge in [0.15, 0.2) is 5.13 Å². The number of anilines is 1. The minimum atomic E-state index is -0.344. The van der Waals surface area contributed by atoms with Crippen molar-refractivity contribution in [2.24, 2.45) is 0 Å². The van der Waals surface area contributed by atoms with Gasteiger partial charge in [0.2, 0.25) is 0 Å². The van der Waals surface area contributed by atoms with Crippen LogP contribution < -0.4 is 10.1 Å². The first kappa shape index (κ1) is 13.8. The normalized spacial score (nSPS) is 10.6. The monoisotopic (exact) mass is 319 g/mol. The molecule has 5 nitrogen and oxygen atoms in total. The lowest BCUT2D eigenvalue weighted by molar-refractivity contribution is 0.102. The number of carbonyl (C=O) groups excluding carboxylic acids is 1. The number of nitrogens with zero attached hydrogens (tertiary/aromatic N) is 2. The Labute approximate surface area is 129 Å². The molecule has 7 heteroatoms. The maximum atomic E-state index is 12.1. The third-order valence-electron chi connectivity index (χ3n) is 2.76. The van der Waals surface area contributed by atoms with E-state index < -0.39 is 0 Å². The highest BCUT2D eigenvalue weighted by Gasteiger charge is 2.11. The number of pyridine rings is 1. The van der Waals surface area contributed by atoms with E-state index in [1.54, 1.807) is 25.3 Å². The highest BCUT2D eigenvalue weighted by atomic mass is 35.5. The second kappa shape index (κ2) is 5.67. The number of aromatic nitrogens is 2. The highest BCUT2D eigenvalue weighted by molar-refractivity contribution is 7.22. The van der Waals surface area contributed by atoms with E-state index in [4.69, 9.17) is 16.3 Å². The standard InChI is InChI=1S/C14H10ClN3O2S/c1-20-8-5-6-9-11(7-8)21-14(17-9)18-13(19)10-3-2-4-12(15)16-10/h2-7H,1H3,(H,17,18,19). The summed E-state index contributed by atoms with van der Waals surface area (Å²) in [5.41, 5.74) is 1.05. The predicted molar refractivity (Wildman–Crippen MR) is 83.4 cm³/mol. The topological polar surface area (TPSA) is 64.1 Å². The number of benzene rings is 1. The molecule has 106 valence electrons. The second-order valence-electron chi connectivity index (χ2n) is 4.15. The molecule has 3 rings (SSSR count). The van der Waals surface area contributed by atoms with Crippen molar-refractivity contribution in [1.29, 1.82) is 0 Å². The number of rotatable bonds is 3. The van der Waals surface area contributed by atoms with Crippen LogP contribution in [0.25, 0.3) is 10.2 Å². The van der Waals surface area contributed by atoms with Gasteiger partial charge in [-0.1, -0.05) is 29.0 Å². The van der Waals surface area contributed by atoms with Crippen LogP contribution in [0.1, 0.15) is 10.5 Å². The smallest absolute Gasteiger partial charge is 0.276 e. The molecule has 0 aliphatic heterocycles. The summed E-state index contributed by atoms with van der Waals surface area (Å²) >= 11 is 7.14. The summed E-state index contributed by atoms with van der Waals surface area (Å²) in [6.07, 6.45) is 0. The summed E-state index contributed by atoms with van der Waals surface area (Å²) in [6, 6.07) is 10.4. The molecule has 0 bridgehead atoms. The number of carbonyl (C=O) groups is 1. The minimum absolute atomic E-state index is 0.249. The van der Waals surface area contributed by atoms with Gasteiger partial charge in [0.1, 0.15) is 16.6 Å². The van der Waals surface area contributed by atoms with E-state index in [1.165, 1.54) is 11.3 Å². The zero-order chi connectivity index (χ0) is 14.8. The predicted octanol–water partition coefficient (Wildman–Crippen LogP) is 3.61. The first-order valence-electron chi connectivity index (χ1n) is 6.04. The van der Waals surface area contributed by atoms with Crippen LogP contribution >= 0.6 is 22.9 Å². The fraction of sp³-hybridized carbons (Fsp3) is 0.0714. The van der Waals surface area contributed by atoms with E-state index in [0.717, 1.165) is 16.0 Å². The van der Waals surface area contributed by atoms with Gasteiger partial charge in [-0.25, -0.2) is 9.97 Å². The second-order valence-corrected chi connectivity index (χ2v) is 5.57. The summed E-state index contributed by atoms with van der Waals surface area (Å²) in [4.78, 5) is 20.4. The number of amides is 1. The highest BCUT2D eigenvalue weighted by Crippen LogP contribution is 2.29. The molecule has 0 radical (unpaired) electrons. The molecule has 0 unspecified atom stereocenters. The van der Waals surface area contributed by atoms with Crippen molar-refractivity contribution in [3.05, 3.63) is 47.2 Å². The molecule has 21 heavy (non-hydrogen) atoms. The Morgan fingerprint density at radius 2 is 2.14 bits per heavy atom. The largest absolute Gasteiger partial charge is 0.497 e. The van der Waals surface area contributed by atoms with Crippen LogP contribution in [0.2, 0.25) is 5.15 Å². The molecule has 2 aromatic heterocycles. The van der Waals surface area contributed by atoms with Crippen molar-refractivity contribution in [2.75, 3.05) is 12.4 Å². The van der Waals surface area contributed by atoms with Crippen molar-refractivity contribution in [3.8, 4) is 5.75 Å². The van der Waals surface area contributed by atoms with Crippen LogP contribution in [0.4, 0.5) is 5.13 Å². The van der Waals surface area contributed by atoms with Gasteiger partial charge in [0.05, 0.1) is 17.3 Å². The van der Waals surface area contributed by atoms with Crippen LogP contribution in [-0.2, 0) is 0 Å². The zero-order valence-corrected chi connectivity index (χ0v) is 12.5. The van der Waals surface area contributed by atoms with E-state index in [1.807, 2.05) is 18.2 Å². The fourth-order valence-electron chi connectivity index (χ4n) is 1.78. The summed E-state index contributed by atoms with van der Waals surface area (Å²) in [7, 11) is 1.61. The molecular formula is C14H10ClN3O2S. The molecule has 0 saturated heterocycles. The number of hydrogen-bond acceptors (Lipinski definition) is 5. The lowest BCUT2D eigenvalue weighted by atomic mass is 10.3. The molecule has 1 N–H and O–H groups in total. The molecule has 1 aromatic carbocycles. The maximum Gasteiger partial charge on any atom is 0.276 e. The molecule has 3 aromatic rings. The zero-order valence-electron chi connectivity index (χ0n) is 11.0. The number of ether oxygens (including phenoxy) is 1. The van der Waals surface area contributed by atoms with Gasteiger partial charge >= 0.3 is 0 Å². The van der Waals surface area contributed by atoms with Gasteiger partial charge in [0, 0.05) is 0 Å². The van der Waals surface area contributed by atoms with Gasteiger partial charge in [-0.2, -0.15) is 0 Å². The summed E-state index contributed by atoms with van der Waals surface area (Å²) in [5, 5.41) is 3.50. The van der Waals surface area contributed by atoms with Gasteiger partial charge in [-0.15, -0.1) is 0 Å². The SMILES string of the molecule is COc1ccc2nc(NC(=O)c3cccc(Cl)n3)sc2c1. The average Bonchev–Trinajstić information content (AvgIpc) is 2.88. The van der Waals surface area contributed by atoms with Crippen LogP contribution in [0.3, 0.4) is 0 Å². The lowest BCUT2D eigenvalue weighted by Gasteiger charge is -2.00. The average molecular weight is 320 g/mol. The fourth-order valence-corrected chi connectivity index (χ4v) is 2.83. The van der Waals surface area contributed by atoms with Gasteiger partial charge in [-0.05, 0) is 30.3 Å². The molecular weight excluding hydrogens is 310 g/mol. The minimum Gasteiger partial charge on any atom is -0.497 e. The molecule has 0 aliphatic carbocycles. The summed E-state index contributed by atoms with van der Waals surface area (Å²) in [5.74, 6) is 0.407. The third-order valence-corrected chi connectivity index (χ3v) is 3.91. The van der Waals surface area contributed by atoms with E-state index in [-0.39, 0.29) is 16.8 Å². The number of hydrogen-bond donors (Lipinski definition) is 1. The van der Waals surface area contributed by atoms with Crippen LogP contribution in [0.5, 0.6) is 5.75 Å². The number of methoxy groups -OCH3 is 1. The Morgan fingerprint density at radius 3 is 2.90 bits per heavy atom. The van der Waals surface area contributed by atoms with Crippen molar-refractivity contribution in [2.45, 2.75) is 0 Å². The number of nitrogens with one attached hydrogen (secondary N) is 1. The Balaban J connectivity index is 1.86. The quantitative estimate of drug-likeness (QED) is 0.749. The molecule has 0 aliphatic rings. The van der Waals surface area contributed by atoms with E-state index in [9.17, 15) is 4.79 Å². The summed E-state index contributed by atoms with van der Waals surface area (Å²) in [6.45, 7) is 0. The van der Waals surface area contributed by atoms with Gasteiger partial charge < -0.3 is 4.74 Å². The third kappa shape index (κ3) is 2.96. The van der Waals surface area contributed by atoms with Gasteiger partial charge in [-0.3, -0.25) is 10.1 Å². The van der Waals surface area contributed by atoms with Crippen molar-refractivity contribution >= 4 is 44.2 Å². The van der Waals surface area contributed by atoms with Gasteiger partial charge in [0.25, 0.3) is 5.91 Å². The van der Waals surface area contributed by atoms with E-state index in [2.05, 4.69) is 15.3 Å². The van der Waals surface area contributed by atoms with E-state index >= 15 is 0 Å². The van der Waals surface area contributed by atoms with E-state index in [0.29, 0.717) is 5.13 Å². The Bertz CT molecular complexity index is 819. The molecule has 0 fully saturated rings. The Kier molecular flexibility index (Phi) is 3.72. The van der Waals surface area contributed by atoms with Crippen molar-refractivity contribution in [3.63, 3.8) is 0 Å². The van der Waals surface area contributed by atoms with Crippen molar-refractivity contribution in [1.82, 2.24) is 9.97 Å². The Morgan fingerprint density at radius 1 is 1.29 bits per heavy atom. The maximum absolute atomic E-state index is 12.1. The molecule has 0 spiro atoms. The number of fused-ring (bicyclic) bond motifs is 1. The number of thiazole rings is 1. The van der Waals surface area contributed by atoms with Crippen LogP contribution in [0.15, 0.2) is 36.4 Å². The Hall–Kier alpha value is -2.18. The van der Waals surface area contributed by atoms with Crippen LogP contribution in [-0.4, -0.2) is 23.0 Å². The summed E-state index contributed by atoms with van der Waals surface area (Å²) < 4.78 is 6.10. The van der Waals surface area contributed by atoms with Crippen LogP contribution in [0, 0.1) is 0 Å².